The van der Waals surface area contributed by atoms with Crippen molar-refractivity contribution in [2.75, 3.05) is 50.3 Å². The van der Waals surface area contributed by atoms with Crippen LogP contribution in [0.15, 0.2) is 108 Å². The molecule has 496 valence electrons. The molecule has 0 spiro atoms. The molecule has 0 atom stereocenters. The van der Waals surface area contributed by atoms with Crippen LogP contribution in [0.3, 0.4) is 0 Å². The number of rotatable bonds is 17. The van der Waals surface area contributed by atoms with Crippen LogP contribution < -0.4 is 21.3 Å². The monoisotopic (exact) mass is 1240 g/mol. The topological polar surface area (TPSA) is 167 Å². The third-order valence-corrected chi connectivity index (χ3v) is 17.1. The predicted octanol–water partition coefficient (Wildman–Crippen LogP) is 20.2. The molecular weight excluding hydrogens is 1120 g/mol. The number of nitrogen functional groups attached to an aromatic ring is 1. The summed E-state index contributed by atoms with van der Waals surface area (Å²) in [4.78, 5) is 53.8. The summed E-state index contributed by atoms with van der Waals surface area (Å²) in [5, 5.41) is 0. The number of nitrogens with zero attached hydrogens (tertiary/aromatic N) is 3. The number of carbonyl (C=O) groups excluding carboxylic acids is 4. The number of Topliss-reactive ketones (excluding diaryl/α,β-unsaturated/α-hetero) is 1. The highest BCUT2D eigenvalue weighted by atomic mass is 16.8. The predicted molar refractivity (Wildman–Crippen MR) is 378 cm³/mol. The van der Waals surface area contributed by atoms with Gasteiger partial charge in [0, 0.05) is 70.1 Å². The first kappa shape index (κ1) is 77.5. The van der Waals surface area contributed by atoms with E-state index in [9.17, 15) is 19.2 Å². The number of anilines is 3. The molecule has 0 radical (unpaired) electrons. The van der Waals surface area contributed by atoms with Crippen molar-refractivity contribution in [2.24, 2.45) is 10.7 Å². The molecule has 0 unspecified atom stereocenters. The van der Waals surface area contributed by atoms with Gasteiger partial charge in [0.15, 0.2) is 0 Å². The normalized spacial score (nSPS) is 14.1. The van der Waals surface area contributed by atoms with Gasteiger partial charge in [-0.2, -0.15) is 4.99 Å². The van der Waals surface area contributed by atoms with Crippen molar-refractivity contribution in [2.45, 2.75) is 253 Å². The van der Waals surface area contributed by atoms with Crippen molar-refractivity contribution in [1.82, 2.24) is 0 Å². The van der Waals surface area contributed by atoms with Crippen molar-refractivity contribution in [3.8, 4) is 0 Å². The van der Waals surface area contributed by atoms with Crippen LogP contribution >= 0.6 is 0 Å². The molecule has 0 aromatic heterocycles. The maximum absolute atomic E-state index is 13.2. The fourth-order valence-corrected chi connectivity index (χ4v) is 12.1. The zero-order valence-corrected chi connectivity index (χ0v) is 59.6. The molecule has 12 nitrogen and oxygen atoms in total. The summed E-state index contributed by atoms with van der Waals surface area (Å²) in [6.07, 6.45) is 11.9. The molecule has 0 bridgehead atoms. The average Bonchev–Trinajstić information content (AvgIpc) is 1.68. The van der Waals surface area contributed by atoms with Crippen LogP contribution in [0.2, 0.25) is 0 Å². The molecule has 2 aliphatic carbocycles. The van der Waals surface area contributed by atoms with E-state index in [4.69, 9.17) is 20.9 Å². The fraction of sp³-hybridized carbons (Fsp3) is 0.564. The van der Waals surface area contributed by atoms with Crippen LogP contribution in [0.4, 0.5) is 32.3 Å². The molecule has 5 aromatic rings. The Balaban J connectivity index is 0.000000309. The van der Waals surface area contributed by atoms with Gasteiger partial charge in [-0.3, -0.25) is 4.79 Å². The number of ether oxygens (including phenoxy) is 3. The highest BCUT2D eigenvalue weighted by Gasteiger charge is 2.37. The van der Waals surface area contributed by atoms with Gasteiger partial charge >= 0.3 is 12.3 Å². The number of hydrogen-bond donors (Lipinski definition) is 2. The SMILES string of the molecule is CC(C)(C)OC(=O)OC(=O)OC(C)(C)C.CC(C)c1cccc(C(C)C)c1CC(=O)CCC1(c2ccc(N(C)C)cc2)CCCC1.CC(C)c1cccc(C(C)C)c1N.CC(C)c1cccc(C(C)C)c1N=C=O.CN(C)c1ccc(C2(CN)CCCC2)cc1. The number of isocyanates is 1. The van der Waals surface area contributed by atoms with E-state index in [1.54, 1.807) is 47.6 Å². The van der Waals surface area contributed by atoms with Crippen molar-refractivity contribution < 1.29 is 33.4 Å². The van der Waals surface area contributed by atoms with Crippen LogP contribution in [0.1, 0.15) is 274 Å². The third kappa shape index (κ3) is 24.1. The van der Waals surface area contributed by atoms with Gasteiger partial charge in [0.1, 0.15) is 17.0 Å². The zero-order valence-electron chi connectivity index (χ0n) is 59.6. The second-order valence-electron chi connectivity index (χ2n) is 29.0. The molecule has 12 heteroatoms. The molecular formula is C78H117N5O7. The molecule has 0 heterocycles. The van der Waals surface area contributed by atoms with E-state index < -0.39 is 23.5 Å². The molecule has 2 aliphatic rings. The number of nitrogens with two attached hydrogens (primary N) is 2. The minimum Gasteiger partial charge on any atom is -0.428 e. The molecule has 2 saturated carbocycles. The third-order valence-electron chi connectivity index (χ3n) is 17.1. The molecule has 0 aliphatic heterocycles. The largest absolute Gasteiger partial charge is 0.519 e. The minimum atomic E-state index is -1.06. The highest BCUT2D eigenvalue weighted by molar-refractivity contribution is 5.82. The van der Waals surface area contributed by atoms with Gasteiger partial charge in [0.2, 0.25) is 6.08 Å². The Morgan fingerprint density at radius 2 is 0.833 bits per heavy atom. The summed E-state index contributed by atoms with van der Waals surface area (Å²) in [5.41, 5.74) is 27.0. The Kier molecular flexibility index (Phi) is 30.8. The lowest BCUT2D eigenvalue weighted by atomic mass is 9.74. The minimum absolute atomic E-state index is 0.180. The Morgan fingerprint density at radius 3 is 1.14 bits per heavy atom. The van der Waals surface area contributed by atoms with Crippen molar-refractivity contribution in [3.63, 3.8) is 0 Å². The number of benzene rings is 5. The van der Waals surface area contributed by atoms with E-state index in [0.717, 1.165) is 35.5 Å². The van der Waals surface area contributed by atoms with E-state index in [2.05, 4.69) is 216 Å². The second kappa shape index (κ2) is 35.7. The number of hydrogen-bond acceptors (Lipinski definition) is 12. The smallest absolute Gasteiger partial charge is 0.428 e. The van der Waals surface area contributed by atoms with Gasteiger partial charge in [-0.05, 0) is 189 Å². The summed E-state index contributed by atoms with van der Waals surface area (Å²) >= 11 is 0. The Hall–Kier alpha value is -6.75. The first-order valence-corrected chi connectivity index (χ1v) is 33.1. The maximum Gasteiger partial charge on any atom is 0.519 e. The number of para-hydroxylation sites is 2. The molecule has 7 rings (SSSR count). The van der Waals surface area contributed by atoms with Crippen LogP contribution in [-0.4, -0.2) is 70.1 Å². The van der Waals surface area contributed by atoms with E-state index in [1.807, 2.05) is 18.2 Å². The average molecular weight is 1240 g/mol. The lowest BCUT2D eigenvalue weighted by molar-refractivity contribution is -0.118. The summed E-state index contributed by atoms with van der Waals surface area (Å²) in [5.74, 6) is 3.05. The summed E-state index contributed by atoms with van der Waals surface area (Å²) in [6, 6.07) is 36.9. The van der Waals surface area contributed by atoms with Gasteiger partial charge in [-0.15, -0.1) is 0 Å². The Morgan fingerprint density at radius 1 is 0.511 bits per heavy atom. The van der Waals surface area contributed by atoms with Crippen LogP contribution in [0, 0.1) is 0 Å². The lowest BCUT2D eigenvalue weighted by Gasteiger charge is -2.30. The van der Waals surface area contributed by atoms with Gasteiger partial charge in [-0.1, -0.05) is 188 Å². The Bertz CT molecular complexity index is 2950. The summed E-state index contributed by atoms with van der Waals surface area (Å²) in [6.45, 7) is 36.9. The summed E-state index contributed by atoms with van der Waals surface area (Å²) in [7, 11) is 8.31. The van der Waals surface area contributed by atoms with E-state index in [0.29, 0.717) is 54.1 Å². The molecule has 2 fully saturated rings. The second-order valence-corrected chi connectivity index (χ2v) is 29.0. The van der Waals surface area contributed by atoms with Crippen LogP contribution in [-0.2, 0) is 41.1 Å². The van der Waals surface area contributed by atoms with Crippen LogP contribution in [0.5, 0.6) is 0 Å². The molecule has 90 heavy (non-hydrogen) atoms. The molecule has 4 N–H and O–H groups in total. The van der Waals surface area contributed by atoms with E-state index >= 15 is 0 Å². The van der Waals surface area contributed by atoms with Crippen molar-refractivity contribution in [3.05, 3.63) is 153 Å². The number of ketones is 1. The number of carbonyl (C=O) groups is 3. The van der Waals surface area contributed by atoms with Crippen molar-refractivity contribution >= 4 is 46.9 Å². The summed E-state index contributed by atoms with van der Waals surface area (Å²) < 4.78 is 13.8. The van der Waals surface area contributed by atoms with Gasteiger partial charge < -0.3 is 35.5 Å². The number of aliphatic imine (C=N–C) groups is 1. The van der Waals surface area contributed by atoms with Crippen molar-refractivity contribution in [1.29, 1.82) is 0 Å². The quantitative estimate of drug-likeness (QED) is 0.0299. The lowest BCUT2D eigenvalue weighted by Crippen LogP contribution is -2.31. The Labute approximate surface area is 544 Å². The first-order chi connectivity index (χ1) is 42.0. The first-order valence-electron chi connectivity index (χ1n) is 33.1. The molecule has 5 aromatic carbocycles. The standard InChI is InChI=1S/C29H41NO.C14H22N2.C13H17NO.C12H19N.C10H18O5/c1-21(2)26-10-9-11-27(22(3)4)28(26)20-25(31)16-19-29(17-7-8-18-29)23-12-14-24(15-13-23)30(5)6;1-16(2)13-7-5-12(6-8-13)14(11-15)9-3-4-10-14;1-9(2)11-6-5-7-12(10(3)4)13(11)14-8-15;1-8(2)10-6-5-7-11(9(3)4)12(10)13;1-9(2,3)14-7(11)13-8(12)15-10(4,5)6/h9-15,21-22H,7-8,16-20H2,1-6H3;5-8H,3-4,9-11,15H2,1-2H3;5-7,9-10H,1-4H3;5-9H,13H2,1-4H3;1-6H3. The molecule has 0 saturated heterocycles. The van der Waals surface area contributed by atoms with Crippen LogP contribution in [0.25, 0.3) is 0 Å². The molecule has 0 amide bonds. The fourth-order valence-electron chi connectivity index (χ4n) is 12.1. The van der Waals surface area contributed by atoms with E-state index in [-0.39, 0.29) is 10.8 Å². The highest BCUT2D eigenvalue weighted by Crippen LogP contribution is 2.46. The zero-order chi connectivity index (χ0) is 67.9. The van der Waals surface area contributed by atoms with E-state index in [1.165, 1.54) is 102 Å². The maximum atomic E-state index is 13.2. The van der Waals surface area contributed by atoms with Gasteiger partial charge in [0.05, 0.1) is 5.69 Å². The van der Waals surface area contributed by atoms with Gasteiger partial charge in [0.25, 0.3) is 0 Å². The van der Waals surface area contributed by atoms with Gasteiger partial charge in [-0.25, -0.2) is 14.4 Å².